The SMILES string of the molecule is Cc1ccc(CCc2nc3cc(-c4c(C)noc4C)ccn3c2NC2CCCCC2)cc1.Cc1ccc(CCc2nc3cc(-c4c(C)noc4C)ccn3c2NC2CCCCC2)cc1.Cc1ccc(CCc2nc3cc(-c4c(C)noc4C)ccn3c2NC2CCCCC2)cc1Cl. The highest BCUT2D eigenvalue weighted by Crippen LogP contribution is 2.36. The lowest BCUT2D eigenvalue weighted by atomic mass is 9.95. The molecule has 16 heteroatoms. The normalized spacial score (nSPS) is 14.8. The van der Waals surface area contributed by atoms with Crippen molar-refractivity contribution < 1.29 is 13.6 Å². The molecule has 97 heavy (non-hydrogen) atoms. The van der Waals surface area contributed by atoms with Gasteiger partial charge in [0.2, 0.25) is 0 Å². The minimum atomic E-state index is 0.508. The van der Waals surface area contributed by atoms with E-state index in [0.717, 1.165) is 168 Å². The molecular weight excluding hydrogens is 1220 g/mol. The van der Waals surface area contributed by atoms with E-state index in [0.29, 0.717) is 18.1 Å². The lowest BCUT2D eigenvalue weighted by Gasteiger charge is -2.24. The molecule has 0 amide bonds. The Labute approximate surface area is 576 Å². The molecule has 0 atom stereocenters. The Hall–Kier alpha value is -8.95. The zero-order chi connectivity index (χ0) is 67.1. The number of fused-ring (bicyclic) bond motifs is 3. The van der Waals surface area contributed by atoms with Gasteiger partial charge in [0.15, 0.2) is 0 Å². The van der Waals surface area contributed by atoms with E-state index in [4.69, 9.17) is 40.1 Å². The number of benzene rings is 3. The van der Waals surface area contributed by atoms with Gasteiger partial charge < -0.3 is 29.5 Å². The van der Waals surface area contributed by atoms with Crippen molar-refractivity contribution in [2.75, 3.05) is 16.0 Å². The number of nitrogens with one attached hydrogen (secondary N) is 3. The van der Waals surface area contributed by atoms with Crippen molar-refractivity contribution >= 4 is 46.0 Å². The summed E-state index contributed by atoms with van der Waals surface area (Å²) in [5.41, 5.74) is 23.2. The van der Waals surface area contributed by atoms with Crippen LogP contribution >= 0.6 is 11.6 Å². The number of aryl methyl sites for hydroxylation is 15. The summed E-state index contributed by atoms with van der Waals surface area (Å²) in [5, 5.41) is 24.8. The molecule has 0 saturated heterocycles. The zero-order valence-corrected chi connectivity index (χ0v) is 59.0. The van der Waals surface area contributed by atoms with Crippen molar-refractivity contribution in [1.82, 2.24) is 43.6 Å². The monoisotopic (exact) mass is 1320 g/mol. The Balaban J connectivity index is 0.000000131. The Morgan fingerprint density at radius 2 is 0.680 bits per heavy atom. The van der Waals surface area contributed by atoms with Gasteiger partial charge >= 0.3 is 0 Å². The molecule has 0 radical (unpaired) electrons. The van der Waals surface area contributed by atoms with Gasteiger partial charge in [0.05, 0.1) is 34.2 Å². The number of hydrogen-bond acceptors (Lipinski definition) is 12. The first-order valence-electron chi connectivity index (χ1n) is 35.6. The zero-order valence-electron chi connectivity index (χ0n) is 58.3. The van der Waals surface area contributed by atoms with E-state index in [1.807, 2.05) is 48.5 Å². The standard InChI is InChI=1S/C27H31ClN4O.2C27H32N4O/c1-17-9-10-20(15-23(17)28)11-12-24-27(29-22-7-5-4-6-8-22)32-14-13-21(16-25(32)30-24)26-18(2)31-33-19(26)3;2*1-18-9-11-21(12-10-18)13-14-24-27(28-23-7-5-4-6-8-23)31-16-15-22(17-25(31)29-24)26-19(2)30-32-20(26)3/h9-10,13-16,22,29H,4-8,11-12H2,1-3H3;2*9-12,15-17,23,28H,4-8,13-14H2,1-3H3. The molecule has 0 bridgehead atoms. The van der Waals surface area contributed by atoms with Gasteiger partial charge in [0, 0.05) is 58.4 Å². The summed E-state index contributed by atoms with van der Waals surface area (Å²) in [4.78, 5) is 15.3. The van der Waals surface area contributed by atoms with Crippen LogP contribution in [0.2, 0.25) is 5.02 Å². The summed E-state index contributed by atoms with van der Waals surface area (Å²) in [5.74, 6) is 5.96. The number of aromatic nitrogens is 9. The summed E-state index contributed by atoms with van der Waals surface area (Å²) in [7, 11) is 0. The fourth-order valence-corrected chi connectivity index (χ4v) is 15.0. The first-order chi connectivity index (χ1) is 47.2. The molecule has 0 unspecified atom stereocenters. The molecule has 0 spiro atoms. The van der Waals surface area contributed by atoms with Crippen LogP contribution in [0.4, 0.5) is 17.5 Å². The molecule has 3 fully saturated rings. The Kier molecular flexibility index (Phi) is 20.8. The van der Waals surface area contributed by atoms with Crippen LogP contribution in [0.15, 0.2) is 135 Å². The topological polar surface area (TPSA) is 166 Å². The van der Waals surface area contributed by atoms with Crippen LogP contribution in [0.1, 0.15) is 181 Å². The van der Waals surface area contributed by atoms with E-state index in [1.165, 1.54) is 124 Å². The molecule has 12 aromatic rings. The molecule has 15 rings (SSSR count). The van der Waals surface area contributed by atoms with Crippen LogP contribution in [0, 0.1) is 62.3 Å². The van der Waals surface area contributed by atoms with Crippen LogP contribution in [0.5, 0.6) is 0 Å². The molecule has 3 saturated carbocycles. The van der Waals surface area contributed by atoms with Crippen LogP contribution in [0.25, 0.3) is 50.3 Å². The van der Waals surface area contributed by atoms with Crippen LogP contribution < -0.4 is 16.0 Å². The maximum atomic E-state index is 6.37. The highest BCUT2D eigenvalue weighted by molar-refractivity contribution is 6.31. The molecule has 3 aromatic carbocycles. The molecule has 3 aliphatic carbocycles. The van der Waals surface area contributed by atoms with Crippen LogP contribution in [-0.4, -0.2) is 61.7 Å². The molecule has 3 N–H and O–H groups in total. The quantitative estimate of drug-likeness (QED) is 0.0745. The Morgan fingerprint density at radius 3 is 0.979 bits per heavy atom. The lowest BCUT2D eigenvalue weighted by molar-refractivity contribution is 0.393. The van der Waals surface area contributed by atoms with Crippen molar-refractivity contribution in [3.8, 4) is 33.4 Å². The van der Waals surface area contributed by atoms with Crippen molar-refractivity contribution in [2.24, 2.45) is 0 Å². The van der Waals surface area contributed by atoms with Gasteiger partial charge in [-0.2, -0.15) is 0 Å². The fraction of sp³-hybridized carbons (Fsp3) is 0.407. The minimum Gasteiger partial charge on any atom is -0.367 e. The van der Waals surface area contributed by atoms with Gasteiger partial charge in [-0.25, -0.2) is 15.0 Å². The first kappa shape index (κ1) is 66.7. The molecule has 15 nitrogen and oxygen atoms in total. The van der Waals surface area contributed by atoms with Crippen molar-refractivity contribution in [3.05, 3.63) is 212 Å². The highest BCUT2D eigenvalue weighted by atomic mass is 35.5. The smallest absolute Gasteiger partial charge is 0.141 e. The summed E-state index contributed by atoms with van der Waals surface area (Å²) >= 11 is 6.37. The lowest BCUT2D eigenvalue weighted by Crippen LogP contribution is -2.23. The van der Waals surface area contributed by atoms with Crippen molar-refractivity contribution in [1.29, 1.82) is 0 Å². The van der Waals surface area contributed by atoms with Gasteiger partial charge in [0.1, 0.15) is 51.7 Å². The molecule has 0 aliphatic heterocycles. The third-order valence-electron chi connectivity index (χ3n) is 20.3. The molecular formula is C81H95ClN12O3. The van der Waals surface area contributed by atoms with Gasteiger partial charge in [-0.1, -0.05) is 157 Å². The second kappa shape index (κ2) is 30.2. The maximum absolute atomic E-state index is 6.37. The first-order valence-corrected chi connectivity index (χ1v) is 36.0. The average Bonchev–Trinajstić information content (AvgIpc) is 1.65. The molecule has 9 aromatic heterocycles. The van der Waals surface area contributed by atoms with E-state index >= 15 is 0 Å². The van der Waals surface area contributed by atoms with Gasteiger partial charge in [-0.05, 0) is 221 Å². The summed E-state index contributed by atoms with van der Waals surface area (Å²) in [6.07, 6.45) is 31.2. The van der Waals surface area contributed by atoms with E-state index < -0.39 is 0 Å². The second-order valence-corrected chi connectivity index (χ2v) is 28.1. The van der Waals surface area contributed by atoms with Crippen molar-refractivity contribution in [2.45, 2.75) is 215 Å². The number of halogens is 1. The number of pyridine rings is 3. The Bertz CT molecular complexity index is 4390. The number of nitrogens with zero attached hydrogens (tertiary/aromatic N) is 9. The third-order valence-corrected chi connectivity index (χ3v) is 20.7. The fourth-order valence-electron chi connectivity index (χ4n) is 14.8. The van der Waals surface area contributed by atoms with Gasteiger partial charge in [-0.15, -0.1) is 0 Å². The van der Waals surface area contributed by atoms with E-state index in [9.17, 15) is 0 Å². The number of rotatable bonds is 18. The molecule has 3 aliphatic rings. The van der Waals surface area contributed by atoms with E-state index in [-0.39, 0.29) is 0 Å². The third kappa shape index (κ3) is 15.6. The largest absolute Gasteiger partial charge is 0.367 e. The summed E-state index contributed by atoms with van der Waals surface area (Å²) < 4.78 is 22.8. The number of imidazole rings is 3. The average molecular weight is 1320 g/mol. The van der Waals surface area contributed by atoms with Crippen LogP contribution in [-0.2, 0) is 38.5 Å². The summed E-state index contributed by atoms with van der Waals surface area (Å²) in [6, 6.07) is 38.5. The second-order valence-electron chi connectivity index (χ2n) is 27.7. The molecule has 504 valence electrons. The predicted molar refractivity (Wildman–Crippen MR) is 393 cm³/mol. The maximum Gasteiger partial charge on any atom is 0.141 e. The molecule has 9 heterocycles. The number of anilines is 3. The summed E-state index contributed by atoms with van der Waals surface area (Å²) in [6.45, 7) is 18.2. The number of hydrogen-bond donors (Lipinski definition) is 3. The van der Waals surface area contributed by atoms with E-state index in [1.54, 1.807) is 0 Å². The van der Waals surface area contributed by atoms with Crippen LogP contribution in [0.3, 0.4) is 0 Å². The van der Waals surface area contributed by atoms with Crippen molar-refractivity contribution in [3.63, 3.8) is 0 Å². The predicted octanol–water partition coefficient (Wildman–Crippen LogP) is 20.0. The minimum absolute atomic E-state index is 0.508. The van der Waals surface area contributed by atoms with Gasteiger partial charge in [0.25, 0.3) is 0 Å². The highest BCUT2D eigenvalue weighted by Gasteiger charge is 2.25. The van der Waals surface area contributed by atoms with E-state index in [2.05, 4.69) is 180 Å². The Morgan fingerprint density at radius 1 is 0.371 bits per heavy atom. The van der Waals surface area contributed by atoms with Gasteiger partial charge in [-0.3, -0.25) is 13.2 Å².